The molecule has 0 radical (unpaired) electrons. The maximum atomic E-state index is 11.3. The molecule has 0 aliphatic heterocycles. The van der Waals surface area contributed by atoms with Gasteiger partial charge in [-0.3, -0.25) is 0 Å². The van der Waals surface area contributed by atoms with Gasteiger partial charge < -0.3 is 15.6 Å². The lowest BCUT2D eigenvalue weighted by Gasteiger charge is -2.55. The Hall–Kier alpha value is -0.770. The summed E-state index contributed by atoms with van der Waals surface area (Å²) < 4.78 is 10.2. The average molecular weight is 227 g/mol. The van der Waals surface area contributed by atoms with E-state index in [-0.39, 0.29) is 11.8 Å². The molecule has 0 saturated heterocycles. The first-order valence-electron chi connectivity index (χ1n) is 5.96. The molecule has 0 aromatic heterocycles. The molecule has 0 unspecified atom stereocenters. The molecule has 0 spiro atoms. The van der Waals surface area contributed by atoms with Crippen LogP contribution in [0.3, 0.4) is 0 Å². The van der Waals surface area contributed by atoms with Crippen molar-refractivity contribution in [3.8, 4) is 0 Å². The standard InChI is InChI=1S/C12H18O3.H3N/c1-14-11(13)15-12-5-8-2-9(6-12)4-10(3-8)7-12;/h8-10H,2-7H2,1H3;1H3. The molecule has 4 aliphatic carbocycles. The Morgan fingerprint density at radius 1 is 1.06 bits per heavy atom. The Morgan fingerprint density at radius 2 is 1.50 bits per heavy atom. The Labute approximate surface area is 96.3 Å². The average Bonchev–Trinajstić information content (AvgIpc) is 2.14. The van der Waals surface area contributed by atoms with Crippen LogP contribution in [0, 0.1) is 17.8 Å². The molecular formula is C12H21NO3. The summed E-state index contributed by atoms with van der Waals surface area (Å²) in [4.78, 5) is 11.3. The van der Waals surface area contributed by atoms with Crippen molar-refractivity contribution in [2.75, 3.05) is 7.11 Å². The van der Waals surface area contributed by atoms with E-state index in [9.17, 15) is 4.79 Å². The fraction of sp³-hybridized carbons (Fsp3) is 0.917. The van der Waals surface area contributed by atoms with Crippen molar-refractivity contribution in [3.05, 3.63) is 0 Å². The Kier molecular flexibility index (Phi) is 2.86. The molecule has 4 saturated carbocycles. The molecule has 0 amide bonds. The second-order valence-electron chi connectivity index (χ2n) is 5.66. The van der Waals surface area contributed by atoms with Gasteiger partial charge >= 0.3 is 6.16 Å². The van der Waals surface area contributed by atoms with Gasteiger partial charge in [0.15, 0.2) is 0 Å². The Balaban J connectivity index is 0.000000963. The molecule has 4 heteroatoms. The van der Waals surface area contributed by atoms with Gasteiger partial charge in [-0.05, 0) is 56.3 Å². The van der Waals surface area contributed by atoms with Crippen molar-refractivity contribution in [2.45, 2.75) is 44.1 Å². The van der Waals surface area contributed by atoms with Gasteiger partial charge in [0.25, 0.3) is 0 Å². The van der Waals surface area contributed by atoms with Gasteiger partial charge in [-0.15, -0.1) is 0 Å². The van der Waals surface area contributed by atoms with Crippen LogP contribution in [0.5, 0.6) is 0 Å². The van der Waals surface area contributed by atoms with E-state index in [1.807, 2.05) is 0 Å². The van der Waals surface area contributed by atoms with Gasteiger partial charge in [0, 0.05) is 0 Å². The molecule has 0 aromatic rings. The summed E-state index contributed by atoms with van der Waals surface area (Å²) >= 11 is 0. The smallest absolute Gasteiger partial charge is 0.438 e. The summed E-state index contributed by atoms with van der Waals surface area (Å²) in [5.74, 6) is 2.42. The van der Waals surface area contributed by atoms with E-state index in [0.29, 0.717) is 0 Å². The van der Waals surface area contributed by atoms with Crippen LogP contribution in [-0.4, -0.2) is 18.9 Å². The number of carbonyl (C=O) groups is 1. The van der Waals surface area contributed by atoms with Crippen molar-refractivity contribution in [1.82, 2.24) is 6.15 Å². The second-order valence-corrected chi connectivity index (χ2v) is 5.66. The van der Waals surface area contributed by atoms with Crippen LogP contribution in [0.2, 0.25) is 0 Å². The topological polar surface area (TPSA) is 70.5 Å². The van der Waals surface area contributed by atoms with Crippen LogP contribution >= 0.6 is 0 Å². The zero-order valence-electron chi connectivity index (χ0n) is 9.91. The van der Waals surface area contributed by atoms with E-state index in [4.69, 9.17) is 4.74 Å². The molecule has 4 fully saturated rings. The quantitative estimate of drug-likeness (QED) is 0.699. The number of hydrogen-bond donors (Lipinski definition) is 1. The molecule has 4 nitrogen and oxygen atoms in total. The minimum Gasteiger partial charge on any atom is -0.438 e. The van der Waals surface area contributed by atoms with Crippen LogP contribution in [0.25, 0.3) is 0 Å². The summed E-state index contributed by atoms with van der Waals surface area (Å²) in [5.41, 5.74) is -0.151. The predicted molar refractivity (Wildman–Crippen MR) is 59.4 cm³/mol. The second kappa shape index (κ2) is 3.91. The number of hydrogen-bond acceptors (Lipinski definition) is 4. The van der Waals surface area contributed by atoms with Crippen LogP contribution in [0.1, 0.15) is 38.5 Å². The summed E-state index contributed by atoms with van der Waals surface area (Å²) in [5, 5.41) is 0. The Bertz CT molecular complexity index is 255. The molecule has 4 bridgehead atoms. The van der Waals surface area contributed by atoms with Crippen molar-refractivity contribution >= 4 is 6.16 Å². The molecule has 4 rings (SSSR count). The first-order valence-corrected chi connectivity index (χ1v) is 5.96. The van der Waals surface area contributed by atoms with Crippen molar-refractivity contribution in [2.24, 2.45) is 17.8 Å². The summed E-state index contributed by atoms with van der Waals surface area (Å²) in [7, 11) is 1.39. The normalized spacial score (nSPS) is 43.7. The zero-order chi connectivity index (χ0) is 10.5. The first-order chi connectivity index (χ1) is 7.19. The summed E-state index contributed by atoms with van der Waals surface area (Å²) in [6.45, 7) is 0. The van der Waals surface area contributed by atoms with E-state index in [1.165, 1.54) is 26.4 Å². The number of carbonyl (C=O) groups excluding carboxylic acids is 1. The third-order valence-corrected chi connectivity index (χ3v) is 4.45. The van der Waals surface area contributed by atoms with Crippen molar-refractivity contribution in [1.29, 1.82) is 0 Å². The molecular weight excluding hydrogens is 206 g/mol. The van der Waals surface area contributed by atoms with E-state index < -0.39 is 6.16 Å². The van der Waals surface area contributed by atoms with Crippen molar-refractivity contribution < 1.29 is 14.3 Å². The zero-order valence-corrected chi connectivity index (χ0v) is 9.91. The number of rotatable bonds is 1. The fourth-order valence-electron chi connectivity index (χ4n) is 4.37. The van der Waals surface area contributed by atoms with Crippen LogP contribution in [0.4, 0.5) is 4.79 Å². The van der Waals surface area contributed by atoms with Gasteiger partial charge in [-0.25, -0.2) is 4.79 Å². The largest absolute Gasteiger partial charge is 0.508 e. The molecule has 3 N–H and O–H groups in total. The maximum Gasteiger partial charge on any atom is 0.508 e. The molecule has 16 heavy (non-hydrogen) atoms. The van der Waals surface area contributed by atoms with Crippen LogP contribution in [-0.2, 0) is 9.47 Å². The van der Waals surface area contributed by atoms with Crippen LogP contribution < -0.4 is 6.15 Å². The van der Waals surface area contributed by atoms with E-state index >= 15 is 0 Å². The fourth-order valence-corrected chi connectivity index (χ4v) is 4.37. The van der Waals surface area contributed by atoms with E-state index in [1.54, 1.807) is 0 Å². The molecule has 92 valence electrons. The third-order valence-electron chi connectivity index (χ3n) is 4.45. The van der Waals surface area contributed by atoms with Crippen LogP contribution in [0.15, 0.2) is 0 Å². The molecule has 0 heterocycles. The highest BCUT2D eigenvalue weighted by Gasteiger charge is 2.53. The first kappa shape index (κ1) is 11.7. The molecule has 0 atom stereocenters. The minimum absolute atomic E-state index is 0. The van der Waals surface area contributed by atoms with Gasteiger partial charge in [0.05, 0.1) is 7.11 Å². The van der Waals surface area contributed by atoms with Gasteiger partial charge in [-0.2, -0.15) is 0 Å². The lowest BCUT2D eigenvalue weighted by atomic mass is 9.54. The maximum absolute atomic E-state index is 11.3. The summed E-state index contributed by atoms with van der Waals surface area (Å²) in [6, 6.07) is 0. The lowest BCUT2D eigenvalue weighted by Crippen LogP contribution is -2.52. The van der Waals surface area contributed by atoms with Crippen molar-refractivity contribution in [3.63, 3.8) is 0 Å². The highest BCUT2D eigenvalue weighted by molar-refractivity contribution is 5.60. The van der Waals surface area contributed by atoms with Gasteiger partial charge in [-0.1, -0.05) is 0 Å². The molecule has 0 aromatic carbocycles. The predicted octanol–water partition coefficient (Wildman–Crippen LogP) is 2.90. The number of ether oxygens (including phenoxy) is 2. The highest BCUT2D eigenvalue weighted by Crippen LogP contribution is 2.57. The van der Waals surface area contributed by atoms with E-state index in [0.717, 1.165) is 37.0 Å². The minimum atomic E-state index is -0.489. The Morgan fingerprint density at radius 3 is 1.88 bits per heavy atom. The van der Waals surface area contributed by atoms with E-state index in [2.05, 4.69) is 4.74 Å². The lowest BCUT2D eigenvalue weighted by molar-refractivity contribution is -0.139. The summed E-state index contributed by atoms with van der Waals surface area (Å²) in [6.07, 6.45) is 6.84. The monoisotopic (exact) mass is 227 g/mol. The van der Waals surface area contributed by atoms with Gasteiger partial charge in [0.1, 0.15) is 5.60 Å². The third kappa shape index (κ3) is 1.79. The molecule has 4 aliphatic rings. The SMILES string of the molecule is COC(=O)OC12CC3CC(CC(C3)C1)C2.N. The van der Waals surface area contributed by atoms with Gasteiger partial charge in [0.2, 0.25) is 0 Å². The number of methoxy groups -OCH3 is 1. The highest BCUT2D eigenvalue weighted by atomic mass is 16.7.